The molecule has 6 heteroatoms. The summed E-state index contributed by atoms with van der Waals surface area (Å²) in [5.74, 6) is 1.72. The van der Waals surface area contributed by atoms with Crippen molar-refractivity contribution < 1.29 is 4.74 Å². The molecule has 0 aliphatic heterocycles. The van der Waals surface area contributed by atoms with Crippen LogP contribution in [0.4, 0.5) is 0 Å². The van der Waals surface area contributed by atoms with Gasteiger partial charge in [0, 0.05) is 30.8 Å². The average Bonchev–Trinajstić information content (AvgIpc) is 3.08. The van der Waals surface area contributed by atoms with Gasteiger partial charge in [0.25, 0.3) is 0 Å². The molecule has 0 bridgehead atoms. The van der Waals surface area contributed by atoms with Crippen LogP contribution < -0.4 is 0 Å². The van der Waals surface area contributed by atoms with Crippen molar-refractivity contribution in [2.24, 2.45) is 0 Å². The van der Waals surface area contributed by atoms with Crippen molar-refractivity contribution in [2.45, 2.75) is 57.5 Å². The summed E-state index contributed by atoms with van der Waals surface area (Å²) in [5, 5.41) is 9.84. The van der Waals surface area contributed by atoms with Crippen LogP contribution in [0.25, 0.3) is 11.4 Å². The fourth-order valence-electron chi connectivity index (χ4n) is 3.28. The molecule has 0 N–H and O–H groups in total. The van der Waals surface area contributed by atoms with Crippen molar-refractivity contribution in [2.75, 3.05) is 13.7 Å². The smallest absolute Gasteiger partial charge is 0.191 e. The molecule has 3 rings (SSSR count). The minimum atomic E-state index is 0.154. The molecule has 0 fully saturated rings. The third-order valence-electron chi connectivity index (χ3n) is 5.08. The van der Waals surface area contributed by atoms with Crippen molar-refractivity contribution in [1.29, 1.82) is 0 Å². The van der Waals surface area contributed by atoms with Crippen molar-refractivity contribution in [3.8, 4) is 11.4 Å². The van der Waals surface area contributed by atoms with E-state index in [4.69, 9.17) is 4.74 Å². The Bertz CT molecular complexity index is 938. The highest BCUT2D eigenvalue weighted by Crippen LogP contribution is 2.31. The highest BCUT2D eigenvalue weighted by Gasteiger charge is 2.18. The lowest BCUT2D eigenvalue weighted by Crippen LogP contribution is -2.12. The van der Waals surface area contributed by atoms with Crippen molar-refractivity contribution in [3.05, 3.63) is 58.9 Å². The van der Waals surface area contributed by atoms with Gasteiger partial charge >= 0.3 is 0 Å². The maximum absolute atomic E-state index is 5.31. The van der Waals surface area contributed by atoms with Gasteiger partial charge in [-0.3, -0.25) is 9.55 Å². The van der Waals surface area contributed by atoms with Crippen LogP contribution in [0, 0.1) is 13.8 Å². The molecule has 1 aromatic carbocycles. The summed E-state index contributed by atoms with van der Waals surface area (Å²) in [7, 11) is 1.72. The minimum absolute atomic E-state index is 0.154. The topological polar surface area (TPSA) is 52.8 Å². The van der Waals surface area contributed by atoms with Gasteiger partial charge in [-0.2, -0.15) is 0 Å². The summed E-state index contributed by atoms with van der Waals surface area (Å²) in [6.07, 6.45) is 3.56. The number of aryl methyl sites for hydroxylation is 2. The number of methoxy groups -OCH3 is 1. The van der Waals surface area contributed by atoms with E-state index in [1.807, 2.05) is 12.1 Å². The first-order valence-corrected chi connectivity index (χ1v) is 10.9. The zero-order valence-electron chi connectivity index (χ0n) is 18.2. The molecular formula is C23H30N4OS. The molecule has 2 aromatic heterocycles. The second-order valence-electron chi connectivity index (χ2n) is 8.31. The van der Waals surface area contributed by atoms with Crippen LogP contribution in [0.5, 0.6) is 0 Å². The molecule has 0 saturated carbocycles. The first-order chi connectivity index (χ1) is 13.8. The number of aromatic nitrogens is 4. The zero-order chi connectivity index (χ0) is 21.0. The van der Waals surface area contributed by atoms with E-state index < -0.39 is 0 Å². The molecular weight excluding hydrogens is 380 g/mol. The summed E-state index contributed by atoms with van der Waals surface area (Å²) < 4.78 is 7.45. The van der Waals surface area contributed by atoms with E-state index in [0.29, 0.717) is 13.2 Å². The number of rotatable bonds is 7. The summed E-state index contributed by atoms with van der Waals surface area (Å²) in [6.45, 7) is 12.5. The third-order valence-corrected chi connectivity index (χ3v) is 6.08. The van der Waals surface area contributed by atoms with Crippen molar-refractivity contribution >= 4 is 11.8 Å². The lowest BCUT2D eigenvalue weighted by molar-refractivity contribution is 0.185. The van der Waals surface area contributed by atoms with Gasteiger partial charge in [-0.15, -0.1) is 10.2 Å². The summed E-state index contributed by atoms with van der Waals surface area (Å²) in [4.78, 5) is 4.10. The Kier molecular flexibility index (Phi) is 6.75. The number of benzene rings is 1. The first kappa shape index (κ1) is 21.5. The van der Waals surface area contributed by atoms with Gasteiger partial charge in [0.15, 0.2) is 11.0 Å². The molecule has 0 aliphatic carbocycles. The third kappa shape index (κ3) is 5.06. The molecule has 0 radical (unpaired) electrons. The van der Waals surface area contributed by atoms with E-state index in [2.05, 4.69) is 66.5 Å². The van der Waals surface area contributed by atoms with Gasteiger partial charge in [0.1, 0.15) is 0 Å². The average molecular weight is 411 g/mol. The van der Waals surface area contributed by atoms with Crippen LogP contribution in [0.15, 0.2) is 41.8 Å². The number of thioether (sulfide) groups is 1. The Balaban J connectivity index is 1.87. The molecule has 5 nitrogen and oxygen atoms in total. The van der Waals surface area contributed by atoms with E-state index in [1.165, 1.54) is 22.3 Å². The molecule has 0 atom stereocenters. The largest absolute Gasteiger partial charge is 0.383 e. The van der Waals surface area contributed by atoms with Crippen LogP contribution in [-0.2, 0) is 22.4 Å². The van der Waals surface area contributed by atoms with Gasteiger partial charge in [0.05, 0.1) is 13.2 Å². The Hall–Kier alpha value is -2.18. The molecule has 2 heterocycles. The summed E-state index contributed by atoms with van der Waals surface area (Å²) in [6, 6.07) is 8.56. The van der Waals surface area contributed by atoms with Gasteiger partial charge in [-0.1, -0.05) is 44.7 Å². The number of hydrogen-bond acceptors (Lipinski definition) is 5. The first-order valence-electron chi connectivity index (χ1n) is 9.87. The predicted octanol–water partition coefficient (Wildman–Crippen LogP) is 5.19. The van der Waals surface area contributed by atoms with E-state index in [0.717, 1.165) is 22.3 Å². The Labute approximate surface area is 177 Å². The number of nitrogens with zero attached hydrogens (tertiary/aromatic N) is 4. The van der Waals surface area contributed by atoms with Crippen LogP contribution in [0.1, 0.15) is 43.0 Å². The number of pyridine rings is 1. The highest BCUT2D eigenvalue weighted by molar-refractivity contribution is 7.98. The Morgan fingerprint density at radius 2 is 1.69 bits per heavy atom. The Morgan fingerprint density at radius 3 is 2.28 bits per heavy atom. The predicted molar refractivity (Wildman–Crippen MR) is 119 cm³/mol. The Morgan fingerprint density at radius 1 is 1.03 bits per heavy atom. The molecule has 0 unspecified atom stereocenters. The molecule has 29 heavy (non-hydrogen) atoms. The van der Waals surface area contributed by atoms with Crippen LogP contribution in [0.3, 0.4) is 0 Å². The van der Waals surface area contributed by atoms with Crippen LogP contribution in [-0.4, -0.2) is 33.5 Å². The van der Waals surface area contributed by atoms with Crippen LogP contribution in [0.2, 0.25) is 0 Å². The number of hydrogen-bond donors (Lipinski definition) is 0. The highest BCUT2D eigenvalue weighted by atomic mass is 32.2. The fraction of sp³-hybridized carbons (Fsp3) is 0.435. The lowest BCUT2D eigenvalue weighted by atomic mass is 9.84. The standard InChI is InChI=1S/C23H30N4OS/c1-16-13-19(23(3,4)5)14-17(2)20(16)15-29-22-26-25-21(27(22)11-12-28-6)18-7-9-24-10-8-18/h7-10,13-14H,11-12,15H2,1-6H3. The molecule has 3 aromatic rings. The van der Waals surface area contributed by atoms with Gasteiger partial charge < -0.3 is 4.74 Å². The van der Waals surface area contributed by atoms with Gasteiger partial charge in [0.2, 0.25) is 0 Å². The molecule has 154 valence electrons. The van der Waals surface area contributed by atoms with Crippen molar-refractivity contribution in [1.82, 2.24) is 19.7 Å². The minimum Gasteiger partial charge on any atom is -0.383 e. The second kappa shape index (κ2) is 9.09. The van der Waals surface area contributed by atoms with E-state index >= 15 is 0 Å². The molecule has 0 amide bonds. The van der Waals surface area contributed by atoms with E-state index in [1.54, 1.807) is 31.3 Å². The monoisotopic (exact) mass is 410 g/mol. The molecule has 0 spiro atoms. The van der Waals surface area contributed by atoms with E-state index in [-0.39, 0.29) is 5.41 Å². The van der Waals surface area contributed by atoms with E-state index in [9.17, 15) is 0 Å². The van der Waals surface area contributed by atoms with Gasteiger partial charge in [-0.05, 0) is 53.6 Å². The quantitative estimate of drug-likeness (QED) is 0.502. The maximum atomic E-state index is 5.31. The number of ether oxygens (including phenoxy) is 1. The summed E-state index contributed by atoms with van der Waals surface area (Å²) >= 11 is 1.73. The fourth-order valence-corrected chi connectivity index (χ4v) is 4.45. The summed E-state index contributed by atoms with van der Waals surface area (Å²) in [5.41, 5.74) is 6.58. The normalized spacial score (nSPS) is 11.8. The zero-order valence-corrected chi connectivity index (χ0v) is 19.0. The molecule has 0 aliphatic rings. The van der Waals surface area contributed by atoms with Crippen LogP contribution >= 0.6 is 11.8 Å². The SMILES string of the molecule is COCCn1c(SCc2c(C)cc(C(C)(C)C)cc2C)nnc1-c1ccncc1. The molecule has 0 saturated heterocycles. The second-order valence-corrected chi connectivity index (χ2v) is 9.26. The van der Waals surface area contributed by atoms with Crippen molar-refractivity contribution in [3.63, 3.8) is 0 Å². The lowest BCUT2D eigenvalue weighted by Gasteiger charge is -2.22. The van der Waals surface area contributed by atoms with Gasteiger partial charge in [-0.25, -0.2) is 0 Å². The maximum Gasteiger partial charge on any atom is 0.191 e.